The first-order valence-corrected chi connectivity index (χ1v) is 7.38. The Hall–Kier alpha value is -2.57. The SMILES string of the molecule is CCOc1ccc(C(=O)NCC(=O)N[C@H](C(=O)O)C(C)C)cc1. The lowest BCUT2D eigenvalue weighted by Crippen LogP contribution is -2.48. The van der Waals surface area contributed by atoms with Gasteiger partial charge in [0.2, 0.25) is 5.91 Å². The lowest BCUT2D eigenvalue weighted by molar-refractivity contribution is -0.142. The molecular weight excluding hydrogens is 300 g/mol. The Kier molecular flexibility index (Phi) is 7.05. The number of carbonyl (C=O) groups is 3. The summed E-state index contributed by atoms with van der Waals surface area (Å²) >= 11 is 0. The molecule has 23 heavy (non-hydrogen) atoms. The van der Waals surface area contributed by atoms with E-state index in [1.165, 1.54) is 0 Å². The number of nitrogens with one attached hydrogen (secondary N) is 2. The van der Waals surface area contributed by atoms with Crippen molar-refractivity contribution in [1.82, 2.24) is 10.6 Å². The van der Waals surface area contributed by atoms with Crippen LogP contribution in [0.15, 0.2) is 24.3 Å². The fourth-order valence-corrected chi connectivity index (χ4v) is 1.87. The Labute approximate surface area is 135 Å². The second kappa shape index (κ2) is 8.77. The summed E-state index contributed by atoms with van der Waals surface area (Å²) in [6.07, 6.45) is 0. The number of hydrogen-bond donors (Lipinski definition) is 3. The molecule has 0 aromatic heterocycles. The summed E-state index contributed by atoms with van der Waals surface area (Å²) in [5, 5.41) is 13.8. The molecule has 126 valence electrons. The number of rotatable bonds is 8. The van der Waals surface area contributed by atoms with Crippen LogP contribution < -0.4 is 15.4 Å². The first-order valence-electron chi connectivity index (χ1n) is 7.38. The summed E-state index contributed by atoms with van der Waals surface area (Å²) in [4.78, 5) is 34.7. The molecule has 0 spiro atoms. The van der Waals surface area contributed by atoms with E-state index >= 15 is 0 Å². The van der Waals surface area contributed by atoms with E-state index in [0.29, 0.717) is 17.9 Å². The molecule has 0 aliphatic carbocycles. The van der Waals surface area contributed by atoms with Crippen molar-refractivity contribution in [3.63, 3.8) is 0 Å². The summed E-state index contributed by atoms with van der Waals surface area (Å²) < 4.78 is 5.28. The highest BCUT2D eigenvalue weighted by molar-refractivity contribution is 5.97. The maximum atomic E-state index is 11.9. The Morgan fingerprint density at radius 2 is 1.78 bits per heavy atom. The third-order valence-electron chi connectivity index (χ3n) is 3.09. The van der Waals surface area contributed by atoms with Gasteiger partial charge in [0.1, 0.15) is 11.8 Å². The number of carboxylic acid groups (broad SMARTS) is 1. The molecule has 1 aromatic carbocycles. The van der Waals surface area contributed by atoms with Gasteiger partial charge < -0.3 is 20.5 Å². The fraction of sp³-hybridized carbons (Fsp3) is 0.438. The van der Waals surface area contributed by atoms with Crippen molar-refractivity contribution in [1.29, 1.82) is 0 Å². The minimum Gasteiger partial charge on any atom is -0.494 e. The van der Waals surface area contributed by atoms with Crippen LogP contribution in [0.2, 0.25) is 0 Å². The van der Waals surface area contributed by atoms with Gasteiger partial charge in [-0.3, -0.25) is 9.59 Å². The van der Waals surface area contributed by atoms with Gasteiger partial charge in [-0.15, -0.1) is 0 Å². The molecule has 0 aliphatic rings. The number of carbonyl (C=O) groups excluding carboxylic acids is 2. The van der Waals surface area contributed by atoms with E-state index in [2.05, 4.69) is 10.6 Å². The second-order valence-electron chi connectivity index (χ2n) is 5.27. The average Bonchev–Trinajstić information content (AvgIpc) is 2.50. The maximum Gasteiger partial charge on any atom is 0.326 e. The van der Waals surface area contributed by atoms with Crippen molar-refractivity contribution in [3.05, 3.63) is 29.8 Å². The minimum absolute atomic E-state index is 0.252. The second-order valence-corrected chi connectivity index (χ2v) is 5.27. The number of hydrogen-bond acceptors (Lipinski definition) is 4. The number of benzene rings is 1. The highest BCUT2D eigenvalue weighted by Gasteiger charge is 2.23. The molecule has 7 nitrogen and oxygen atoms in total. The average molecular weight is 322 g/mol. The number of aliphatic carboxylic acids is 1. The third kappa shape index (κ3) is 5.98. The van der Waals surface area contributed by atoms with Gasteiger partial charge >= 0.3 is 5.97 Å². The van der Waals surface area contributed by atoms with Crippen molar-refractivity contribution >= 4 is 17.8 Å². The Bertz CT molecular complexity index is 554. The van der Waals surface area contributed by atoms with E-state index in [-0.39, 0.29) is 12.5 Å². The van der Waals surface area contributed by atoms with Crippen LogP contribution in [-0.4, -0.2) is 42.1 Å². The maximum absolute atomic E-state index is 11.9. The molecule has 2 amide bonds. The van der Waals surface area contributed by atoms with Crippen LogP contribution in [-0.2, 0) is 9.59 Å². The molecule has 0 fully saturated rings. The van der Waals surface area contributed by atoms with Crippen molar-refractivity contribution in [2.24, 2.45) is 5.92 Å². The summed E-state index contributed by atoms with van der Waals surface area (Å²) in [5.74, 6) is -1.67. The van der Waals surface area contributed by atoms with Gasteiger partial charge in [-0.2, -0.15) is 0 Å². The number of carboxylic acids is 1. The van der Waals surface area contributed by atoms with Crippen LogP contribution in [0.5, 0.6) is 5.75 Å². The van der Waals surface area contributed by atoms with Crippen LogP contribution in [0.1, 0.15) is 31.1 Å². The predicted octanol–water partition coefficient (Wildman–Crippen LogP) is 1.04. The fourth-order valence-electron chi connectivity index (χ4n) is 1.87. The Morgan fingerprint density at radius 1 is 1.17 bits per heavy atom. The molecule has 0 unspecified atom stereocenters. The first-order chi connectivity index (χ1) is 10.8. The topological polar surface area (TPSA) is 105 Å². The van der Waals surface area contributed by atoms with Crippen molar-refractivity contribution < 1.29 is 24.2 Å². The van der Waals surface area contributed by atoms with Gasteiger partial charge in [-0.05, 0) is 37.1 Å². The highest BCUT2D eigenvalue weighted by atomic mass is 16.5. The standard InChI is InChI=1S/C16H22N2O5/c1-4-23-12-7-5-11(6-8-12)15(20)17-9-13(19)18-14(10(2)3)16(21)22/h5-8,10,14H,4,9H2,1-3H3,(H,17,20)(H,18,19)(H,21,22)/t14-/m0/s1. The van der Waals surface area contributed by atoms with Gasteiger partial charge in [-0.1, -0.05) is 13.8 Å². The summed E-state index contributed by atoms with van der Waals surface area (Å²) in [6.45, 7) is 5.49. The molecule has 7 heteroatoms. The van der Waals surface area contributed by atoms with E-state index in [1.807, 2.05) is 6.92 Å². The molecular formula is C16H22N2O5. The number of amides is 2. The van der Waals surface area contributed by atoms with Gasteiger partial charge in [0.05, 0.1) is 13.2 Å². The highest BCUT2D eigenvalue weighted by Crippen LogP contribution is 2.11. The van der Waals surface area contributed by atoms with Crippen LogP contribution >= 0.6 is 0 Å². The van der Waals surface area contributed by atoms with Gasteiger partial charge in [0, 0.05) is 5.56 Å². The zero-order valence-corrected chi connectivity index (χ0v) is 13.5. The van der Waals surface area contributed by atoms with Crippen molar-refractivity contribution in [3.8, 4) is 5.75 Å². The molecule has 0 saturated carbocycles. The Morgan fingerprint density at radius 3 is 2.26 bits per heavy atom. The smallest absolute Gasteiger partial charge is 0.326 e. The van der Waals surface area contributed by atoms with E-state index in [9.17, 15) is 14.4 Å². The summed E-state index contributed by atoms with van der Waals surface area (Å²) in [7, 11) is 0. The predicted molar refractivity (Wildman–Crippen MR) is 84.3 cm³/mol. The molecule has 1 aromatic rings. The zero-order chi connectivity index (χ0) is 17.4. The molecule has 0 heterocycles. The van der Waals surface area contributed by atoms with Gasteiger partial charge in [0.15, 0.2) is 0 Å². The Balaban J connectivity index is 2.51. The lowest BCUT2D eigenvalue weighted by atomic mass is 10.1. The third-order valence-corrected chi connectivity index (χ3v) is 3.09. The molecule has 0 saturated heterocycles. The quantitative estimate of drug-likeness (QED) is 0.663. The van der Waals surface area contributed by atoms with E-state index < -0.39 is 23.8 Å². The monoisotopic (exact) mass is 322 g/mol. The summed E-state index contributed by atoms with van der Waals surface area (Å²) in [6, 6.07) is 5.53. The first kappa shape index (κ1) is 18.5. The molecule has 3 N–H and O–H groups in total. The van der Waals surface area contributed by atoms with E-state index in [4.69, 9.17) is 9.84 Å². The van der Waals surface area contributed by atoms with Crippen LogP contribution in [0, 0.1) is 5.92 Å². The molecule has 0 aliphatic heterocycles. The molecule has 1 atom stereocenters. The zero-order valence-electron chi connectivity index (χ0n) is 13.5. The summed E-state index contributed by atoms with van der Waals surface area (Å²) in [5.41, 5.74) is 0.389. The molecule has 0 bridgehead atoms. The van der Waals surface area contributed by atoms with E-state index in [1.54, 1.807) is 38.1 Å². The van der Waals surface area contributed by atoms with Crippen molar-refractivity contribution in [2.75, 3.05) is 13.2 Å². The van der Waals surface area contributed by atoms with E-state index in [0.717, 1.165) is 0 Å². The van der Waals surface area contributed by atoms with Crippen LogP contribution in [0.3, 0.4) is 0 Å². The minimum atomic E-state index is -1.11. The molecule has 0 radical (unpaired) electrons. The number of ether oxygens (including phenoxy) is 1. The lowest BCUT2D eigenvalue weighted by Gasteiger charge is -2.18. The molecule has 1 rings (SSSR count). The normalized spacial score (nSPS) is 11.7. The van der Waals surface area contributed by atoms with Gasteiger partial charge in [0.25, 0.3) is 5.91 Å². The van der Waals surface area contributed by atoms with Crippen molar-refractivity contribution in [2.45, 2.75) is 26.8 Å². The largest absolute Gasteiger partial charge is 0.494 e. The van der Waals surface area contributed by atoms with Gasteiger partial charge in [-0.25, -0.2) is 4.79 Å². The van der Waals surface area contributed by atoms with Crippen LogP contribution in [0.4, 0.5) is 0 Å². The van der Waals surface area contributed by atoms with Crippen LogP contribution in [0.25, 0.3) is 0 Å².